The van der Waals surface area contributed by atoms with E-state index in [4.69, 9.17) is 0 Å². The summed E-state index contributed by atoms with van der Waals surface area (Å²) >= 11 is 3.35. The second-order valence-corrected chi connectivity index (χ2v) is 7.68. The summed E-state index contributed by atoms with van der Waals surface area (Å²) < 4.78 is 24.1. The van der Waals surface area contributed by atoms with Crippen LogP contribution in [0.4, 0.5) is 5.69 Å². The molecule has 0 saturated carbocycles. The number of hydrogen-bond donors (Lipinski definition) is 1. The van der Waals surface area contributed by atoms with Gasteiger partial charge in [-0.2, -0.15) is 0 Å². The molecule has 19 heavy (non-hydrogen) atoms. The minimum Gasteiger partial charge on any atom is -0.322 e. The molecule has 0 saturated heterocycles. The molecule has 1 aliphatic heterocycles. The number of amides is 1. The summed E-state index contributed by atoms with van der Waals surface area (Å²) in [4.78, 5) is 12.3. The molecule has 2 rings (SSSR count). The molecule has 4 nitrogen and oxygen atoms in total. The maximum atomic E-state index is 12.1. The van der Waals surface area contributed by atoms with E-state index in [0.717, 1.165) is 10.0 Å². The van der Waals surface area contributed by atoms with E-state index in [1.165, 1.54) is 6.92 Å². The first kappa shape index (κ1) is 14.3. The van der Waals surface area contributed by atoms with E-state index in [1.54, 1.807) is 6.07 Å². The molecule has 6 heteroatoms. The van der Waals surface area contributed by atoms with Crippen LogP contribution in [-0.2, 0) is 14.6 Å². The Morgan fingerprint density at radius 2 is 2.00 bits per heavy atom. The van der Waals surface area contributed by atoms with Crippen LogP contribution < -0.4 is 5.32 Å². The van der Waals surface area contributed by atoms with Gasteiger partial charge in [0.1, 0.15) is 0 Å². The molecule has 0 aromatic heterocycles. The standard InChI is InChI=1S/C13H14BrNO3S/c1-8-7-10(14)3-4-12(8)15-13(16)11-5-6-19(17,18)9(11)2/h3-4,7H,5-6H2,1-2H3,(H,15,16). The minimum absolute atomic E-state index is 0.0287. The van der Waals surface area contributed by atoms with Crippen LogP contribution in [0.1, 0.15) is 18.9 Å². The first-order valence-corrected chi connectivity index (χ1v) is 8.26. The van der Waals surface area contributed by atoms with Crippen molar-refractivity contribution >= 4 is 37.4 Å². The number of benzene rings is 1. The lowest BCUT2D eigenvalue weighted by Crippen LogP contribution is -2.15. The van der Waals surface area contributed by atoms with Gasteiger partial charge in [0.25, 0.3) is 5.91 Å². The van der Waals surface area contributed by atoms with E-state index in [9.17, 15) is 13.2 Å². The highest BCUT2D eigenvalue weighted by atomic mass is 79.9. The predicted octanol–water partition coefficient (Wildman–Crippen LogP) is 2.79. The van der Waals surface area contributed by atoms with Crippen LogP contribution in [0.3, 0.4) is 0 Å². The van der Waals surface area contributed by atoms with Crippen molar-refractivity contribution in [2.45, 2.75) is 20.3 Å². The van der Waals surface area contributed by atoms with Crippen molar-refractivity contribution in [1.29, 1.82) is 0 Å². The minimum atomic E-state index is -3.22. The number of sulfone groups is 1. The molecular weight excluding hydrogens is 330 g/mol. The van der Waals surface area contributed by atoms with Gasteiger partial charge in [-0.05, 0) is 44.0 Å². The molecule has 1 N–H and O–H groups in total. The van der Waals surface area contributed by atoms with Gasteiger partial charge in [0.2, 0.25) is 0 Å². The van der Waals surface area contributed by atoms with Crippen molar-refractivity contribution in [2.75, 3.05) is 11.1 Å². The van der Waals surface area contributed by atoms with Crippen molar-refractivity contribution < 1.29 is 13.2 Å². The van der Waals surface area contributed by atoms with Crippen LogP contribution in [0.5, 0.6) is 0 Å². The third-order valence-electron chi connectivity index (χ3n) is 3.22. The largest absolute Gasteiger partial charge is 0.322 e. The smallest absolute Gasteiger partial charge is 0.252 e. The molecular formula is C13H14BrNO3S. The lowest BCUT2D eigenvalue weighted by molar-refractivity contribution is -0.113. The second-order valence-electron chi connectivity index (χ2n) is 4.52. The summed E-state index contributed by atoms with van der Waals surface area (Å²) in [7, 11) is -3.22. The van der Waals surface area contributed by atoms with Crippen LogP contribution >= 0.6 is 15.9 Å². The van der Waals surface area contributed by atoms with Crippen molar-refractivity contribution in [1.82, 2.24) is 0 Å². The molecule has 1 amide bonds. The van der Waals surface area contributed by atoms with Gasteiger partial charge in [-0.1, -0.05) is 15.9 Å². The van der Waals surface area contributed by atoms with Gasteiger partial charge >= 0.3 is 0 Å². The van der Waals surface area contributed by atoms with Gasteiger partial charge in [-0.25, -0.2) is 8.42 Å². The van der Waals surface area contributed by atoms with Gasteiger partial charge in [0, 0.05) is 20.6 Å². The number of carbonyl (C=O) groups excluding carboxylic acids is 1. The number of hydrogen-bond acceptors (Lipinski definition) is 3. The molecule has 102 valence electrons. The Labute approximate surface area is 120 Å². The summed E-state index contributed by atoms with van der Waals surface area (Å²) in [5, 5.41) is 2.77. The van der Waals surface area contributed by atoms with Crippen LogP contribution in [0.25, 0.3) is 0 Å². The van der Waals surface area contributed by atoms with Crippen molar-refractivity contribution in [3.05, 3.63) is 38.7 Å². The fraction of sp³-hybridized carbons (Fsp3) is 0.308. The quantitative estimate of drug-likeness (QED) is 0.897. The number of anilines is 1. The Bertz CT molecular complexity index is 677. The molecule has 1 aromatic carbocycles. The molecule has 0 radical (unpaired) electrons. The van der Waals surface area contributed by atoms with Crippen LogP contribution in [0.15, 0.2) is 33.2 Å². The van der Waals surface area contributed by atoms with E-state index in [0.29, 0.717) is 11.3 Å². The van der Waals surface area contributed by atoms with Gasteiger partial charge in [-0.3, -0.25) is 4.79 Å². The average molecular weight is 344 g/mol. The zero-order valence-corrected chi connectivity index (χ0v) is 13.1. The van der Waals surface area contributed by atoms with E-state index < -0.39 is 9.84 Å². The summed E-state index contributed by atoms with van der Waals surface area (Å²) in [6, 6.07) is 5.51. The highest BCUT2D eigenvalue weighted by molar-refractivity contribution is 9.10. The van der Waals surface area contributed by atoms with Crippen molar-refractivity contribution in [2.24, 2.45) is 0 Å². The normalized spacial score (nSPS) is 17.6. The number of carbonyl (C=O) groups is 1. The maximum absolute atomic E-state index is 12.1. The number of aryl methyl sites for hydroxylation is 1. The first-order chi connectivity index (χ1) is 8.81. The van der Waals surface area contributed by atoms with Gasteiger partial charge < -0.3 is 5.32 Å². The fourth-order valence-electron chi connectivity index (χ4n) is 1.99. The highest BCUT2D eigenvalue weighted by Gasteiger charge is 2.29. The molecule has 0 atom stereocenters. The zero-order chi connectivity index (χ0) is 14.2. The maximum Gasteiger partial charge on any atom is 0.252 e. The van der Waals surface area contributed by atoms with Crippen LogP contribution in [0.2, 0.25) is 0 Å². The molecule has 1 heterocycles. The van der Waals surface area contributed by atoms with E-state index in [2.05, 4.69) is 21.2 Å². The Hall–Kier alpha value is -1.14. The zero-order valence-electron chi connectivity index (χ0n) is 10.7. The Kier molecular flexibility index (Phi) is 3.82. The van der Waals surface area contributed by atoms with E-state index in [1.807, 2.05) is 19.1 Å². The third kappa shape index (κ3) is 2.90. The molecule has 0 unspecified atom stereocenters. The third-order valence-corrected chi connectivity index (χ3v) is 5.64. The average Bonchev–Trinajstić information content (AvgIpc) is 2.58. The molecule has 0 bridgehead atoms. The molecule has 0 spiro atoms. The van der Waals surface area contributed by atoms with Crippen molar-refractivity contribution in [3.63, 3.8) is 0 Å². The number of rotatable bonds is 2. The van der Waals surface area contributed by atoms with E-state index in [-0.39, 0.29) is 23.0 Å². The van der Waals surface area contributed by atoms with Crippen molar-refractivity contribution in [3.8, 4) is 0 Å². The Morgan fingerprint density at radius 3 is 2.53 bits per heavy atom. The van der Waals surface area contributed by atoms with E-state index >= 15 is 0 Å². The molecule has 0 aliphatic carbocycles. The molecule has 0 fully saturated rings. The summed E-state index contributed by atoms with van der Waals surface area (Å²) in [6.07, 6.45) is 0.287. The lowest BCUT2D eigenvalue weighted by atomic mass is 10.1. The molecule has 1 aliphatic rings. The topological polar surface area (TPSA) is 63.2 Å². The van der Waals surface area contributed by atoms with Crippen LogP contribution in [0, 0.1) is 6.92 Å². The highest BCUT2D eigenvalue weighted by Crippen LogP contribution is 2.27. The summed E-state index contributed by atoms with van der Waals surface area (Å²) in [5.74, 6) is -0.301. The Balaban J connectivity index is 2.26. The SMILES string of the molecule is CC1=C(C(=O)Nc2ccc(Br)cc2C)CCS1(=O)=O. The number of allylic oxidation sites excluding steroid dienone is 1. The monoisotopic (exact) mass is 343 g/mol. The first-order valence-electron chi connectivity index (χ1n) is 5.81. The Morgan fingerprint density at radius 1 is 1.32 bits per heavy atom. The van der Waals surface area contributed by atoms with Crippen LogP contribution in [-0.4, -0.2) is 20.1 Å². The van der Waals surface area contributed by atoms with Gasteiger partial charge in [-0.15, -0.1) is 0 Å². The fourth-order valence-corrected chi connectivity index (χ4v) is 3.82. The number of halogens is 1. The summed E-state index contributed by atoms with van der Waals surface area (Å²) in [6.45, 7) is 3.37. The summed E-state index contributed by atoms with van der Waals surface area (Å²) in [5.41, 5.74) is 1.97. The predicted molar refractivity (Wildman–Crippen MR) is 78.6 cm³/mol. The second kappa shape index (κ2) is 5.09. The molecule has 1 aromatic rings. The lowest BCUT2D eigenvalue weighted by Gasteiger charge is -2.09. The number of nitrogens with one attached hydrogen (secondary N) is 1. The van der Waals surface area contributed by atoms with Gasteiger partial charge in [0.05, 0.1) is 5.75 Å². The van der Waals surface area contributed by atoms with Gasteiger partial charge in [0.15, 0.2) is 9.84 Å².